The molecule has 24 heavy (non-hydrogen) atoms. The normalized spacial score (nSPS) is 12.4. The molecular formula is C20H12BrNO2. The van der Waals surface area contributed by atoms with Crippen LogP contribution < -0.4 is 5.76 Å². The van der Waals surface area contributed by atoms with Crippen LogP contribution in [0.2, 0.25) is 0 Å². The minimum Gasteiger partial charge on any atom is -0.408 e. The van der Waals surface area contributed by atoms with Crippen LogP contribution >= 0.6 is 15.9 Å². The average molecular weight is 378 g/mol. The predicted molar refractivity (Wildman–Crippen MR) is 98.2 cm³/mol. The Bertz CT molecular complexity index is 1170. The van der Waals surface area contributed by atoms with Crippen LogP contribution in [0.3, 0.4) is 0 Å². The Morgan fingerprint density at radius 1 is 0.917 bits per heavy atom. The maximum absolute atomic E-state index is 11.4. The van der Waals surface area contributed by atoms with E-state index < -0.39 is 5.76 Å². The Morgan fingerprint density at radius 3 is 2.54 bits per heavy atom. The topological polar surface area (TPSA) is 46.0 Å². The van der Waals surface area contributed by atoms with Gasteiger partial charge in [0.2, 0.25) is 0 Å². The third kappa shape index (κ3) is 1.93. The van der Waals surface area contributed by atoms with Gasteiger partial charge in [-0.3, -0.25) is 4.98 Å². The van der Waals surface area contributed by atoms with Crippen LogP contribution in [-0.4, -0.2) is 4.98 Å². The van der Waals surface area contributed by atoms with Crippen molar-refractivity contribution in [2.24, 2.45) is 0 Å². The molecule has 1 N–H and O–H groups in total. The van der Waals surface area contributed by atoms with Gasteiger partial charge < -0.3 is 4.42 Å². The van der Waals surface area contributed by atoms with Crippen molar-refractivity contribution >= 4 is 27.0 Å². The molecule has 0 aliphatic heterocycles. The monoisotopic (exact) mass is 377 g/mol. The zero-order valence-corrected chi connectivity index (χ0v) is 14.2. The minimum atomic E-state index is -0.431. The van der Waals surface area contributed by atoms with Crippen molar-refractivity contribution in [2.75, 3.05) is 0 Å². The zero-order valence-electron chi connectivity index (χ0n) is 12.6. The van der Waals surface area contributed by atoms with Crippen molar-refractivity contribution in [3.63, 3.8) is 0 Å². The van der Waals surface area contributed by atoms with Crippen molar-refractivity contribution in [3.05, 3.63) is 80.7 Å². The van der Waals surface area contributed by atoms with Crippen LogP contribution in [-0.2, 0) is 6.42 Å². The molecule has 0 amide bonds. The third-order valence-corrected chi connectivity index (χ3v) is 5.31. The summed E-state index contributed by atoms with van der Waals surface area (Å²) >= 11 is 3.64. The number of fused-ring (bicyclic) bond motifs is 4. The van der Waals surface area contributed by atoms with Crippen molar-refractivity contribution in [2.45, 2.75) is 6.42 Å². The van der Waals surface area contributed by atoms with Gasteiger partial charge in [0.15, 0.2) is 5.58 Å². The number of aromatic nitrogens is 1. The maximum atomic E-state index is 11.4. The second-order valence-electron chi connectivity index (χ2n) is 6.01. The highest BCUT2D eigenvalue weighted by Gasteiger charge is 2.22. The zero-order chi connectivity index (χ0) is 16.3. The molecule has 3 nitrogen and oxygen atoms in total. The van der Waals surface area contributed by atoms with Crippen LogP contribution in [0.25, 0.3) is 33.4 Å². The number of H-pyrrole nitrogens is 1. The summed E-state index contributed by atoms with van der Waals surface area (Å²) in [4.78, 5) is 14.1. The van der Waals surface area contributed by atoms with Gasteiger partial charge >= 0.3 is 5.76 Å². The van der Waals surface area contributed by atoms with E-state index in [9.17, 15) is 4.79 Å². The summed E-state index contributed by atoms with van der Waals surface area (Å²) in [6.45, 7) is 0. The molecule has 0 bridgehead atoms. The number of nitrogens with one attached hydrogen (secondary N) is 1. The van der Waals surface area contributed by atoms with Gasteiger partial charge in [-0.1, -0.05) is 58.4 Å². The van der Waals surface area contributed by atoms with Gasteiger partial charge in [0.05, 0.1) is 5.52 Å². The molecule has 4 heteroatoms. The van der Waals surface area contributed by atoms with Crippen LogP contribution in [0.5, 0.6) is 0 Å². The van der Waals surface area contributed by atoms with E-state index in [-0.39, 0.29) is 0 Å². The first-order valence-electron chi connectivity index (χ1n) is 7.73. The fourth-order valence-electron chi connectivity index (χ4n) is 3.59. The summed E-state index contributed by atoms with van der Waals surface area (Å²) in [7, 11) is 0. The molecule has 0 atom stereocenters. The predicted octanol–water partition coefficient (Wildman–Crippen LogP) is 5.12. The summed E-state index contributed by atoms with van der Waals surface area (Å²) in [5.41, 5.74) is 8.74. The largest absolute Gasteiger partial charge is 0.417 e. The quantitative estimate of drug-likeness (QED) is 0.440. The van der Waals surface area contributed by atoms with E-state index in [0.29, 0.717) is 11.1 Å². The van der Waals surface area contributed by atoms with Gasteiger partial charge in [-0.15, -0.1) is 0 Å². The van der Waals surface area contributed by atoms with Gasteiger partial charge in [0.1, 0.15) is 0 Å². The van der Waals surface area contributed by atoms with Gasteiger partial charge in [-0.2, -0.15) is 0 Å². The fraction of sp³-hybridized carbons (Fsp3) is 0.0500. The lowest BCUT2D eigenvalue weighted by molar-refractivity contribution is 0.555. The highest BCUT2D eigenvalue weighted by atomic mass is 79.9. The lowest BCUT2D eigenvalue weighted by Gasteiger charge is -2.10. The van der Waals surface area contributed by atoms with Gasteiger partial charge in [-0.25, -0.2) is 4.79 Å². The molecule has 0 fully saturated rings. The summed E-state index contributed by atoms with van der Waals surface area (Å²) in [5.74, 6) is -0.431. The number of hydrogen-bond donors (Lipinski definition) is 1. The van der Waals surface area contributed by atoms with Gasteiger partial charge in [0, 0.05) is 10.0 Å². The number of benzene rings is 3. The van der Waals surface area contributed by atoms with E-state index in [4.69, 9.17) is 4.42 Å². The second kappa shape index (κ2) is 4.95. The van der Waals surface area contributed by atoms with E-state index >= 15 is 0 Å². The molecule has 0 saturated heterocycles. The summed E-state index contributed by atoms with van der Waals surface area (Å²) < 4.78 is 6.18. The first-order chi connectivity index (χ1) is 11.7. The Balaban J connectivity index is 1.77. The van der Waals surface area contributed by atoms with E-state index in [1.165, 1.54) is 27.8 Å². The highest BCUT2D eigenvalue weighted by Crippen LogP contribution is 2.43. The molecule has 5 rings (SSSR count). The van der Waals surface area contributed by atoms with Crippen LogP contribution in [0.15, 0.2) is 68.3 Å². The number of oxazole rings is 1. The molecule has 116 valence electrons. The summed E-state index contributed by atoms with van der Waals surface area (Å²) in [6, 6.07) is 18.7. The first-order valence-corrected chi connectivity index (χ1v) is 8.53. The lowest BCUT2D eigenvalue weighted by Crippen LogP contribution is -1.92. The molecule has 4 aromatic rings. The Morgan fingerprint density at radius 2 is 1.67 bits per heavy atom. The third-order valence-electron chi connectivity index (χ3n) is 4.65. The number of halogens is 1. The molecule has 0 spiro atoms. The average Bonchev–Trinajstić information content (AvgIpc) is 3.13. The molecule has 1 heterocycles. The van der Waals surface area contributed by atoms with E-state index in [0.717, 1.165) is 16.5 Å². The van der Waals surface area contributed by atoms with E-state index in [1.807, 2.05) is 12.1 Å². The van der Waals surface area contributed by atoms with Crippen LogP contribution in [0, 0.1) is 0 Å². The Hall–Kier alpha value is -2.59. The van der Waals surface area contributed by atoms with Crippen molar-refractivity contribution in [1.29, 1.82) is 0 Å². The molecule has 1 aliphatic carbocycles. The molecule has 3 aromatic carbocycles. The van der Waals surface area contributed by atoms with Crippen molar-refractivity contribution in [1.82, 2.24) is 4.98 Å². The Labute approximate surface area is 146 Å². The van der Waals surface area contributed by atoms with Crippen molar-refractivity contribution < 1.29 is 4.42 Å². The fourth-order valence-corrected chi connectivity index (χ4v) is 4.14. The van der Waals surface area contributed by atoms with Gasteiger partial charge in [0.25, 0.3) is 0 Å². The SMILES string of the molecule is O=c1[nH]c2cc(Br)c(-c3cccc4c3Cc3ccccc3-4)cc2o1. The van der Waals surface area contributed by atoms with Crippen LogP contribution in [0.1, 0.15) is 11.1 Å². The summed E-state index contributed by atoms with van der Waals surface area (Å²) in [6.07, 6.45) is 0.920. The smallest absolute Gasteiger partial charge is 0.408 e. The number of rotatable bonds is 1. The van der Waals surface area contributed by atoms with Crippen LogP contribution in [0.4, 0.5) is 0 Å². The first kappa shape index (κ1) is 13.8. The number of hydrogen-bond acceptors (Lipinski definition) is 2. The van der Waals surface area contributed by atoms with Gasteiger partial charge in [-0.05, 0) is 46.4 Å². The highest BCUT2D eigenvalue weighted by molar-refractivity contribution is 9.10. The maximum Gasteiger partial charge on any atom is 0.417 e. The molecule has 0 unspecified atom stereocenters. The van der Waals surface area contributed by atoms with Crippen molar-refractivity contribution in [3.8, 4) is 22.3 Å². The Kier molecular flexibility index (Phi) is 2.85. The molecular weight excluding hydrogens is 366 g/mol. The van der Waals surface area contributed by atoms with E-state index in [2.05, 4.69) is 63.4 Å². The second-order valence-corrected chi connectivity index (χ2v) is 6.86. The molecule has 1 aromatic heterocycles. The molecule has 1 aliphatic rings. The summed E-state index contributed by atoms with van der Waals surface area (Å²) in [5, 5.41) is 0. The minimum absolute atomic E-state index is 0.431. The number of aromatic amines is 1. The standard InChI is InChI=1S/C20H12BrNO2/c21-17-10-18-19(24-20(23)22-18)9-16(17)14-7-3-6-13-12-5-2-1-4-11(12)8-15(13)14/h1-7,9-10H,8H2,(H,22,23). The molecule has 0 saturated carbocycles. The lowest BCUT2D eigenvalue weighted by atomic mass is 9.95. The van der Waals surface area contributed by atoms with E-state index in [1.54, 1.807) is 0 Å². The molecule has 0 radical (unpaired) electrons.